The van der Waals surface area contributed by atoms with E-state index in [0.717, 1.165) is 26.0 Å². The van der Waals surface area contributed by atoms with Gasteiger partial charge in [-0.05, 0) is 140 Å². The first-order valence-corrected chi connectivity index (χ1v) is 34.0. The van der Waals surface area contributed by atoms with Crippen LogP contribution in [0, 0.1) is 41.4 Å². The van der Waals surface area contributed by atoms with Gasteiger partial charge in [0.1, 0.15) is 48.0 Å². The van der Waals surface area contributed by atoms with E-state index in [1.807, 2.05) is 34.6 Å². The summed E-state index contributed by atoms with van der Waals surface area (Å²) in [5, 5.41) is 11.1. The number of hydrogen-bond donors (Lipinski definition) is 4. The van der Waals surface area contributed by atoms with Crippen LogP contribution in [-0.4, -0.2) is 234 Å². The molecule has 1 saturated heterocycles. The second kappa shape index (κ2) is 35.3. The van der Waals surface area contributed by atoms with Gasteiger partial charge in [-0.1, -0.05) is 67.2 Å². The lowest BCUT2D eigenvalue weighted by Gasteiger charge is -2.41. The minimum Gasteiger partial charge on any atom is -0.343 e. The number of likely N-dealkylation sites (N-methyl/N-ethyl adjacent to an activating group) is 7. The molecule has 3 aliphatic carbocycles. The van der Waals surface area contributed by atoms with Gasteiger partial charge in [-0.25, -0.2) is 4.39 Å². The molecule has 3 saturated carbocycles. The second-order valence-electron chi connectivity index (χ2n) is 28.7. The molecule has 0 radical (unpaired) electrons. The fraction of sp³-hybridized carbons (Fsp3) is 0.833. The van der Waals surface area contributed by atoms with Crippen molar-refractivity contribution in [3.8, 4) is 0 Å². The van der Waals surface area contributed by atoms with E-state index in [9.17, 15) is 65.5 Å². The molecule has 4 N–H and O–H groups in total. The van der Waals surface area contributed by atoms with Crippen LogP contribution < -0.4 is 21.3 Å². The van der Waals surface area contributed by atoms with Gasteiger partial charge in [0, 0.05) is 67.2 Å². The predicted octanol–water partition coefficient (Wildman–Crippen LogP) is 6.06. The zero-order valence-electron chi connectivity index (χ0n) is 58.1. The number of halogens is 5. The van der Waals surface area contributed by atoms with Crippen molar-refractivity contribution in [1.82, 2.24) is 55.6 Å². The molecule has 0 spiro atoms. The topological polar surface area (TPSA) is 259 Å². The fourth-order valence-electron chi connectivity index (χ4n) is 13.2. The van der Waals surface area contributed by atoms with Crippen molar-refractivity contribution >= 4 is 76.6 Å². The Hall–Kier alpha value is -5.82. The minimum absolute atomic E-state index is 0.0617. The van der Waals surface area contributed by atoms with Gasteiger partial charge in [0.15, 0.2) is 0 Å². The molecule has 4 aliphatic rings. The summed E-state index contributed by atoms with van der Waals surface area (Å²) in [6.07, 6.45) is -2.49. The third-order valence-corrected chi connectivity index (χ3v) is 20.6. The van der Waals surface area contributed by atoms with Crippen molar-refractivity contribution in [2.24, 2.45) is 41.4 Å². The maximum Gasteiger partial charge on any atom is 0.394 e. The summed E-state index contributed by atoms with van der Waals surface area (Å²) < 4.78 is 57.9. The molecule has 22 nitrogen and oxygen atoms in total. The summed E-state index contributed by atoms with van der Waals surface area (Å²) in [6, 6.07) is -8.37. The van der Waals surface area contributed by atoms with E-state index in [-0.39, 0.29) is 55.2 Å². The Labute approximate surface area is 554 Å². The third-order valence-electron chi connectivity index (χ3n) is 20.1. The molecule has 0 bridgehead atoms. The minimum atomic E-state index is -4.91. The molecule has 93 heavy (non-hydrogen) atoms. The standard InChI is InChI=1S/C66H110ClF4N11O11/c1-17-40(6)56-62(91)78(12)36-54(85)76(10)37-55(86)81(15)51(34-42-23-26-45(67)27-24-42)61(90)77(11)35-52(83)72-48(33-43-25-28-47(68)46(32-43)66(69,70)71)58(87)75-57(44-21-19-18-20-22-44)63(92)82(16)65(8,9)64(93)73-49(29-38(2)3)60(89)79(13)41(7)31-53(84)80(14)50(30-39(4)5)59(88)74-56/h38-51,56-57H,17-37H2,1-16H3,(H,72,83)(H,73,93)(H,74,88)(H,75,87)/t40-,41+,42?,43?,45?,46?,47?,48-,49-,50-,51-,56-,57-/m0/s1. The quantitative estimate of drug-likeness (QED) is 0.137. The highest BCUT2D eigenvalue weighted by atomic mass is 35.5. The Balaban J connectivity index is 1.85. The smallest absolute Gasteiger partial charge is 0.343 e. The number of nitrogens with one attached hydrogen (secondary N) is 4. The molecule has 11 amide bonds. The summed E-state index contributed by atoms with van der Waals surface area (Å²) in [6.45, 7) is 13.8. The van der Waals surface area contributed by atoms with Crippen LogP contribution >= 0.6 is 11.6 Å². The molecule has 0 aromatic rings. The van der Waals surface area contributed by atoms with E-state index >= 15 is 4.79 Å². The molecule has 4 fully saturated rings. The maximum atomic E-state index is 15.2. The predicted molar refractivity (Wildman–Crippen MR) is 345 cm³/mol. The summed E-state index contributed by atoms with van der Waals surface area (Å²) in [5.41, 5.74) is -1.72. The monoisotopic (exact) mass is 1340 g/mol. The van der Waals surface area contributed by atoms with Crippen molar-refractivity contribution in [3.63, 3.8) is 0 Å². The normalized spacial score (nSPS) is 30.6. The van der Waals surface area contributed by atoms with E-state index in [4.69, 9.17) is 11.6 Å². The summed E-state index contributed by atoms with van der Waals surface area (Å²) in [7, 11) is 9.78. The summed E-state index contributed by atoms with van der Waals surface area (Å²) >= 11 is 6.47. The molecule has 27 heteroatoms. The first-order valence-electron chi connectivity index (χ1n) is 33.6. The largest absolute Gasteiger partial charge is 0.394 e. The molecule has 11 atom stereocenters. The van der Waals surface area contributed by atoms with Crippen LogP contribution in [0.2, 0.25) is 0 Å². The SMILES string of the molecule is CC[C@H](C)[C@@H]1NC(=O)[C@H](CC(C)C)N(C)C(=O)C[C@@H](C)N(C)C(=O)[C@H](CC(C)C)NC(=O)C(C)(C)N(C)C(=O)[C@H](C2CCCCC2)NC(=O)[C@H](CC2CCC(F)C(C(F)(F)F)C2)NC(=O)CN(C)C(=O)[C@H](CC2CCC(Cl)CC2)N(C)C(=O)CN(C)C(=O)CN(C)C1=O. The summed E-state index contributed by atoms with van der Waals surface area (Å²) in [5.74, 6) is -12.2. The summed E-state index contributed by atoms with van der Waals surface area (Å²) in [4.78, 5) is 168. The average molecular weight is 1350 g/mol. The van der Waals surface area contributed by atoms with Crippen molar-refractivity contribution in [2.75, 3.05) is 69.0 Å². The lowest BCUT2D eigenvalue weighted by atomic mass is 9.77. The zero-order chi connectivity index (χ0) is 70.3. The van der Waals surface area contributed by atoms with Gasteiger partial charge in [-0.3, -0.25) is 52.7 Å². The molecule has 0 aromatic carbocycles. The van der Waals surface area contributed by atoms with Crippen LogP contribution in [0.5, 0.6) is 0 Å². The van der Waals surface area contributed by atoms with E-state index in [1.54, 1.807) is 13.8 Å². The van der Waals surface area contributed by atoms with Crippen LogP contribution in [-0.2, 0) is 52.7 Å². The number of hydrogen-bond acceptors (Lipinski definition) is 11. The number of amides is 11. The Morgan fingerprint density at radius 1 is 0.570 bits per heavy atom. The van der Waals surface area contributed by atoms with E-state index in [2.05, 4.69) is 21.3 Å². The van der Waals surface area contributed by atoms with Crippen molar-refractivity contribution < 1.29 is 70.3 Å². The van der Waals surface area contributed by atoms with Crippen LogP contribution in [0.25, 0.3) is 0 Å². The number of rotatable bonds is 11. The number of nitrogens with zero attached hydrogens (tertiary/aromatic N) is 7. The van der Waals surface area contributed by atoms with Gasteiger partial charge in [0.25, 0.3) is 0 Å². The van der Waals surface area contributed by atoms with Crippen LogP contribution in [0.3, 0.4) is 0 Å². The highest BCUT2D eigenvalue weighted by Gasteiger charge is 2.50. The third kappa shape index (κ3) is 22.4. The molecular weight excluding hydrogens is 1230 g/mol. The second-order valence-corrected chi connectivity index (χ2v) is 29.3. The van der Waals surface area contributed by atoms with Gasteiger partial charge in [0.05, 0.1) is 25.6 Å². The van der Waals surface area contributed by atoms with E-state index in [0.29, 0.717) is 57.8 Å². The maximum absolute atomic E-state index is 15.2. The van der Waals surface area contributed by atoms with Gasteiger partial charge in [-0.2, -0.15) is 13.2 Å². The molecular formula is C66H110ClF4N11O11. The Morgan fingerprint density at radius 3 is 1.70 bits per heavy atom. The van der Waals surface area contributed by atoms with Gasteiger partial charge >= 0.3 is 6.18 Å². The highest BCUT2D eigenvalue weighted by Crippen LogP contribution is 2.43. The zero-order valence-corrected chi connectivity index (χ0v) is 58.9. The van der Waals surface area contributed by atoms with E-state index < -0.39 is 188 Å². The van der Waals surface area contributed by atoms with Crippen molar-refractivity contribution in [1.29, 1.82) is 0 Å². The molecule has 1 aliphatic heterocycles. The Morgan fingerprint density at radius 2 is 1.13 bits per heavy atom. The molecule has 3 unspecified atom stereocenters. The Bertz CT molecular complexity index is 2600. The number of carbonyl (C=O) groups is 11. The number of alkyl halides is 5. The molecule has 0 aromatic heterocycles. The molecule has 530 valence electrons. The first kappa shape index (κ1) is 79.6. The van der Waals surface area contributed by atoms with Crippen molar-refractivity contribution in [3.05, 3.63) is 0 Å². The lowest BCUT2D eigenvalue weighted by molar-refractivity contribution is -0.202. The van der Waals surface area contributed by atoms with E-state index in [1.165, 1.54) is 77.9 Å². The van der Waals surface area contributed by atoms with Gasteiger partial charge in [0.2, 0.25) is 65.0 Å². The molecule has 1 heterocycles. The number of carbonyl (C=O) groups excluding carboxylic acids is 11. The highest BCUT2D eigenvalue weighted by molar-refractivity contribution is 6.20. The Kier molecular flexibility index (Phi) is 30.2. The van der Waals surface area contributed by atoms with Gasteiger partial charge in [-0.15, -0.1) is 11.6 Å². The lowest BCUT2D eigenvalue weighted by Crippen LogP contribution is -2.64. The van der Waals surface area contributed by atoms with Crippen molar-refractivity contribution in [2.45, 2.75) is 243 Å². The molecule has 4 rings (SSSR count). The average Bonchev–Trinajstić information content (AvgIpc) is 0.861. The van der Waals surface area contributed by atoms with Crippen LogP contribution in [0.1, 0.15) is 178 Å². The van der Waals surface area contributed by atoms with Crippen LogP contribution in [0.4, 0.5) is 17.6 Å². The van der Waals surface area contributed by atoms with Crippen LogP contribution in [0.15, 0.2) is 0 Å². The van der Waals surface area contributed by atoms with Gasteiger partial charge < -0.3 is 55.6 Å². The first-order chi connectivity index (χ1) is 43.2. The fourth-order valence-corrected chi connectivity index (χ4v) is 13.4.